The number of amides is 1. The Morgan fingerprint density at radius 1 is 1.26 bits per heavy atom. The highest BCUT2D eigenvalue weighted by Crippen LogP contribution is 2.29. The number of carbonyl (C=O) groups is 1. The van der Waals surface area contributed by atoms with E-state index in [0.29, 0.717) is 25.0 Å². The van der Waals surface area contributed by atoms with Crippen molar-refractivity contribution in [2.45, 2.75) is 31.6 Å². The summed E-state index contributed by atoms with van der Waals surface area (Å²) in [5.41, 5.74) is 1.89. The van der Waals surface area contributed by atoms with Gasteiger partial charge >= 0.3 is 0 Å². The number of aromatic amines is 1. The highest BCUT2D eigenvalue weighted by Gasteiger charge is 2.31. The highest BCUT2D eigenvalue weighted by molar-refractivity contribution is 5.79. The molecule has 2 aromatic heterocycles. The number of rotatable bonds is 2. The molecule has 6 nitrogen and oxygen atoms in total. The average Bonchev–Trinajstić information content (AvgIpc) is 3.09. The van der Waals surface area contributed by atoms with E-state index in [1.807, 2.05) is 4.90 Å². The lowest BCUT2D eigenvalue weighted by Crippen LogP contribution is -2.43. The van der Waals surface area contributed by atoms with Crippen molar-refractivity contribution >= 4 is 16.9 Å². The summed E-state index contributed by atoms with van der Waals surface area (Å²) in [5.74, 6) is 0.770. The summed E-state index contributed by atoms with van der Waals surface area (Å²) in [5, 5.41) is 7.98. The summed E-state index contributed by atoms with van der Waals surface area (Å²) in [7, 11) is 0. The Morgan fingerprint density at radius 3 is 3.00 bits per heavy atom. The standard InChI is InChI=1S/C17H22N4O2/c22-17(12-5-8-23-9-6-12)21-7-1-2-14(11-21)15-4-3-13-10-18-20-16(13)19-15/h3-4,10,12,14H,1-2,5-9,11H2,(H,18,19,20)/t14-/m1/s1. The molecule has 0 radical (unpaired) electrons. The zero-order chi connectivity index (χ0) is 15.6. The molecular weight excluding hydrogens is 292 g/mol. The number of nitrogens with one attached hydrogen (secondary N) is 1. The molecule has 0 unspecified atom stereocenters. The van der Waals surface area contributed by atoms with Crippen LogP contribution in [0.2, 0.25) is 0 Å². The van der Waals surface area contributed by atoms with E-state index in [0.717, 1.165) is 55.5 Å². The molecule has 4 heterocycles. The number of hydrogen-bond donors (Lipinski definition) is 1. The zero-order valence-corrected chi connectivity index (χ0v) is 13.2. The second kappa shape index (κ2) is 6.28. The van der Waals surface area contributed by atoms with Crippen LogP contribution in [0.1, 0.15) is 37.3 Å². The van der Waals surface area contributed by atoms with E-state index in [2.05, 4.69) is 27.3 Å². The second-order valence-corrected chi connectivity index (χ2v) is 6.55. The minimum atomic E-state index is 0.144. The van der Waals surface area contributed by atoms with Crippen molar-refractivity contribution in [1.29, 1.82) is 0 Å². The normalized spacial score (nSPS) is 23.3. The Hall–Kier alpha value is -1.95. The Kier molecular flexibility index (Phi) is 3.99. The van der Waals surface area contributed by atoms with E-state index in [1.165, 1.54) is 0 Å². The first-order valence-electron chi connectivity index (χ1n) is 8.48. The van der Waals surface area contributed by atoms with Gasteiger partial charge in [0.25, 0.3) is 0 Å². The van der Waals surface area contributed by atoms with E-state index in [9.17, 15) is 4.79 Å². The van der Waals surface area contributed by atoms with Crippen molar-refractivity contribution < 1.29 is 9.53 Å². The number of carbonyl (C=O) groups excluding carboxylic acids is 1. The molecule has 1 atom stereocenters. The van der Waals surface area contributed by atoms with E-state index < -0.39 is 0 Å². The molecule has 1 N–H and O–H groups in total. The fraction of sp³-hybridized carbons (Fsp3) is 0.588. The monoisotopic (exact) mass is 314 g/mol. The maximum Gasteiger partial charge on any atom is 0.225 e. The molecule has 0 spiro atoms. The van der Waals surface area contributed by atoms with Gasteiger partial charge in [0.2, 0.25) is 5.91 Å². The first kappa shape index (κ1) is 14.6. The van der Waals surface area contributed by atoms with Crippen LogP contribution in [0.4, 0.5) is 0 Å². The molecule has 23 heavy (non-hydrogen) atoms. The Balaban J connectivity index is 1.48. The number of H-pyrrole nitrogens is 1. The molecule has 2 aliphatic rings. The van der Waals surface area contributed by atoms with Crippen LogP contribution in [-0.4, -0.2) is 52.3 Å². The number of nitrogens with zero attached hydrogens (tertiary/aromatic N) is 3. The number of ether oxygens (including phenoxy) is 1. The second-order valence-electron chi connectivity index (χ2n) is 6.55. The number of piperidine rings is 1. The maximum atomic E-state index is 12.7. The van der Waals surface area contributed by atoms with Gasteiger partial charge in [-0.15, -0.1) is 0 Å². The summed E-state index contributed by atoms with van der Waals surface area (Å²) in [6.07, 6.45) is 5.64. The Morgan fingerprint density at radius 2 is 2.13 bits per heavy atom. The van der Waals surface area contributed by atoms with Gasteiger partial charge in [-0.1, -0.05) is 0 Å². The number of pyridine rings is 1. The molecule has 2 aliphatic heterocycles. The molecule has 122 valence electrons. The fourth-order valence-electron chi connectivity index (χ4n) is 3.69. The summed E-state index contributed by atoms with van der Waals surface area (Å²) in [6, 6.07) is 4.13. The third kappa shape index (κ3) is 2.95. The van der Waals surface area contributed by atoms with Gasteiger partial charge in [0, 0.05) is 49.2 Å². The first-order chi connectivity index (χ1) is 11.3. The van der Waals surface area contributed by atoms with Crippen LogP contribution in [0, 0.1) is 5.92 Å². The predicted octanol–water partition coefficient (Wildman–Crippen LogP) is 2.09. The quantitative estimate of drug-likeness (QED) is 0.921. The van der Waals surface area contributed by atoms with Crippen LogP contribution in [0.15, 0.2) is 18.3 Å². The lowest BCUT2D eigenvalue weighted by Gasteiger charge is -2.35. The fourth-order valence-corrected chi connectivity index (χ4v) is 3.69. The van der Waals surface area contributed by atoms with Gasteiger partial charge in [-0.05, 0) is 37.8 Å². The van der Waals surface area contributed by atoms with Crippen molar-refractivity contribution in [3.05, 3.63) is 24.0 Å². The SMILES string of the molecule is O=C(C1CCOCC1)N1CCC[C@@H](c2ccc3cn[nH]c3n2)C1. The van der Waals surface area contributed by atoms with Crippen LogP contribution in [-0.2, 0) is 9.53 Å². The lowest BCUT2D eigenvalue weighted by molar-refractivity contribution is -0.139. The molecule has 2 aromatic rings. The first-order valence-corrected chi connectivity index (χ1v) is 8.48. The van der Waals surface area contributed by atoms with Crippen molar-refractivity contribution in [3.8, 4) is 0 Å². The number of likely N-dealkylation sites (tertiary alicyclic amines) is 1. The maximum absolute atomic E-state index is 12.7. The molecule has 2 saturated heterocycles. The summed E-state index contributed by atoms with van der Waals surface area (Å²) in [6.45, 7) is 3.08. The summed E-state index contributed by atoms with van der Waals surface area (Å²) < 4.78 is 5.37. The number of aromatic nitrogens is 3. The van der Waals surface area contributed by atoms with Crippen LogP contribution < -0.4 is 0 Å². The van der Waals surface area contributed by atoms with Crippen LogP contribution >= 0.6 is 0 Å². The van der Waals surface area contributed by atoms with Crippen LogP contribution in [0.25, 0.3) is 11.0 Å². The van der Waals surface area contributed by atoms with Crippen LogP contribution in [0.5, 0.6) is 0 Å². The van der Waals surface area contributed by atoms with Gasteiger partial charge in [0.1, 0.15) is 0 Å². The molecule has 6 heteroatoms. The van der Waals surface area contributed by atoms with Gasteiger partial charge in [-0.2, -0.15) is 5.10 Å². The van der Waals surface area contributed by atoms with Crippen molar-refractivity contribution in [2.75, 3.05) is 26.3 Å². The van der Waals surface area contributed by atoms with E-state index in [1.54, 1.807) is 6.20 Å². The Labute approximate surface area is 135 Å². The van der Waals surface area contributed by atoms with Gasteiger partial charge in [-0.25, -0.2) is 4.98 Å². The number of hydrogen-bond acceptors (Lipinski definition) is 4. The van der Waals surface area contributed by atoms with Gasteiger partial charge in [0.15, 0.2) is 5.65 Å². The van der Waals surface area contributed by atoms with Crippen molar-refractivity contribution in [3.63, 3.8) is 0 Å². The summed E-state index contributed by atoms with van der Waals surface area (Å²) >= 11 is 0. The number of fused-ring (bicyclic) bond motifs is 1. The van der Waals surface area contributed by atoms with Crippen LogP contribution in [0.3, 0.4) is 0 Å². The smallest absolute Gasteiger partial charge is 0.225 e. The third-order valence-electron chi connectivity index (χ3n) is 5.04. The molecule has 0 aliphatic carbocycles. The highest BCUT2D eigenvalue weighted by atomic mass is 16.5. The molecule has 4 rings (SSSR count). The lowest BCUT2D eigenvalue weighted by atomic mass is 9.91. The average molecular weight is 314 g/mol. The van der Waals surface area contributed by atoms with Crippen molar-refractivity contribution in [2.24, 2.45) is 5.92 Å². The minimum Gasteiger partial charge on any atom is -0.381 e. The van der Waals surface area contributed by atoms with E-state index >= 15 is 0 Å². The molecule has 0 aromatic carbocycles. The van der Waals surface area contributed by atoms with Gasteiger partial charge < -0.3 is 9.64 Å². The zero-order valence-electron chi connectivity index (χ0n) is 13.2. The molecule has 0 saturated carbocycles. The van der Waals surface area contributed by atoms with E-state index in [-0.39, 0.29) is 5.92 Å². The topological polar surface area (TPSA) is 71.1 Å². The van der Waals surface area contributed by atoms with E-state index in [4.69, 9.17) is 4.74 Å². The Bertz CT molecular complexity index is 693. The molecular formula is C17H22N4O2. The third-order valence-corrected chi connectivity index (χ3v) is 5.04. The van der Waals surface area contributed by atoms with Gasteiger partial charge in [-0.3, -0.25) is 9.89 Å². The largest absolute Gasteiger partial charge is 0.381 e. The van der Waals surface area contributed by atoms with Crippen molar-refractivity contribution in [1.82, 2.24) is 20.1 Å². The molecule has 0 bridgehead atoms. The molecule has 2 fully saturated rings. The predicted molar refractivity (Wildman–Crippen MR) is 86.0 cm³/mol. The summed E-state index contributed by atoms with van der Waals surface area (Å²) in [4.78, 5) is 19.5. The van der Waals surface area contributed by atoms with Gasteiger partial charge in [0.05, 0.1) is 6.20 Å². The minimum absolute atomic E-state index is 0.144. The molecule has 1 amide bonds.